The fourth-order valence-corrected chi connectivity index (χ4v) is 1.16. The van der Waals surface area contributed by atoms with Crippen LogP contribution in [0.2, 0.25) is 0 Å². The average molecular weight is 195 g/mol. The molecule has 0 aliphatic carbocycles. The molecule has 0 fully saturated rings. The molecule has 2 N–H and O–H groups in total. The van der Waals surface area contributed by atoms with Gasteiger partial charge in [0.1, 0.15) is 5.75 Å². The van der Waals surface area contributed by atoms with Gasteiger partial charge in [-0.25, -0.2) is 0 Å². The summed E-state index contributed by atoms with van der Waals surface area (Å²) in [5, 5.41) is 11.9. The lowest BCUT2D eigenvalue weighted by Gasteiger charge is -2.13. The van der Waals surface area contributed by atoms with Crippen LogP contribution in [0.25, 0.3) is 0 Å². The van der Waals surface area contributed by atoms with Crippen molar-refractivity contribution in [3.05, 3.63) is 30.3 Å². The van der Waals surface area contributed by atoms with Gasteiger partial charge in [0, 0.05) is 6.04 Å². The predicted octanol–water partition coefficient (Wildman–Crippen LogP) is 1.04. The number of likely N-dealkylation sites (N-methyl/N-ethyl adjacent to an activating group) is 1. The van der Waals surface area contributed by atoms with E-state index in [1.165, 1.54) is 0 Å². The number of hydrogen-bond acceptors (Lipinski definition) is 3. The molecule has 78 valence electrons. The molecule has 3 nitrogen and oxygen atoms in total. The SMILES string of the molecule is CNC(CO)CCOc1ccccc1. The zero-order valence-electron chi connectivity index (χ0n) is 8.44. The smallest absolute Gasteiger partial charge is 0.119 e. The summed E-state index contributed by atoms with van der Waals surface area (Å²) in [6.45, 7) is 0.769. The standard InChI is InChI=1S/C11H17NO2/c1-12-10(9-13)7-8-14-11-5-3-2-4-6-11/h2-6,10,12-13H,7-9H2,1H3. The Bertz CT molecular complexity index is 234. The molecule has 0 saturated heterocycles. The van der Waals surface area contributed by atoms with Crippen LogP contribution in [0, 0.1) is 0 Å². The van der Waals surface area contributed by atoms with E-state index < -0.39 is 0 Å². The molecule has 0 saturated carbocycles. The summed E-state index contributed by atoms with van der Waals surface area (Å²) in [4.78, 5) is 0. The van der Waals surface area contributed by atoms with Crippen LogP contribution in [0.15, 0.2) is 30.3 Å². The first-order chi connectivity index (χ1) is 6.86. The van der Waals surface area contributed by atoms with Gasteiger partial charge in [-0.1, -0.05) is 18.2 Å². The van der Waals surface area contributed by atoms with Crippen molar-refractivity contribution in [2.45, 2.75) is 12.5 Å². The van der Waals surface area contributed by atoms with Crippen molar-refractivity contribution < 1.29 is 9.84 Å². The molecule has 1 rings (SSSR count). The molecule has 3 heteroatoms. The molecular weight excluding hydrogens is 178 g/mol. The molecule has 1 aromatic carbocycles. The Morgan fingerprint density at radius 3 is 2.64 bits per heavy atom. The summed E-state index contributed by atoms with van der Waals surface area (Å²) in [5.41, 5.74) is 0. The van der Waals surface area contributed by atoms with Gasteiger partial charge in [0.2, 0.25) is 0 Å². The van der Waals surface area contributed by atoms with E-state index in [2.05, 4.69) is 5.32 Å². The molecule has 1 unspecified atom stereocenters. The lowest BCUT2D eigenvalue weighted by atomic mass is 10.2. The fourth-order valence-electron chi connectivity index (χ4n) is 1.16. The second-order valence-corrected chi connectivity index (χ2v) is 3.12. The summed E-state index contributed by atoms with van der Waals surface area (Å²) >= 11 is 0. The summed E-state index contributed by atoms with van der Waals surface area (Å²) in [5.74, 6) is 0.875. The van der Waals surface area contributed by atoms with Crippen LogP contribution in [0.1, 0.15) is 6.42 Å². The lowest BCUT2D eigenvalue weighted by molar-refractivity contribution is 0.214. The van der Waals surface area contributed by atoms with E-state index in [-0.39, 0.29) is 12.6 Å². The number of aliphatic hydroxyl groups is 1. The highest BCUT2D eigenvalue weighted by Crippen LogP contribution is 2.08. The monoisotopic (exact) mass is 195 g/mol. The van der Waals surface area contributed by atoms with Crippen molar-refractivity contribution in [1.82, 2.24) is 5.32 Å². The highest BCUT2D eigenvalue weighted by atomic mass is 16.5. The first kappa shape index (κ1) is 11.0. The fraction of sp³-hybridized carbons (Fsp3) is 0.455. The third-order valence-corrected chi connectivity index (χ3v) is 2.11. The van der Waals surface area contributed by atoms with E-state index in [1.807, 2.05) is 37.4 Å². The van der Waals surface area contributed by atoms with Gasteiger partial charge in [0.05, 0.1) is 13.2 Å². The third kappa shape index (κ3) is 3.77. The molecule has 0 heterocycles. The molecule has 1 aromatic rings. The van der Waals surface area contributed by atoms with E-state index >= 15 is 0 Å². The van der Waals surface area contributed by atoms with Crippen molar-refractivity contribution in [2.75, 3.05) is 20.3 Å². The number of nitrogens with one attached hydrogen (secondary N) is 1. The van der Waals surface area contributed by atoms with Crippen LogP contribution >= 0.6 is 0 Å². The highest BCUT2D eigenvalue weighted by Gasteiger charge is 2.03. The number of para-hydroxylation sites is 1. The van der Waals surface area contributed by atoms with Gasteiger partial charge in [0.15, 0.2) is 0 Å². The minimum Gasteiger partial charge on any atom is -0.494 e. The molecule has 0 radical (unpaired) electrons. The van der Waals surface area contributed by atoms with Gasteiger partial charge in [-0.15, -0.1) is 0 Å². The zero-order chi connectivity index (χ0) is 10.2. The van der Waals surface area contributed by atoms with E-state index in [4.69, 9.17) is 9.84 Å². The first-order valence-electron chi connectivity index (χ1n) is 4.82. The molecule has 0 bridgehead atoms. The number of ether oxygens (including phenoxy) is 1. The van der Waals surface area contributed by atoms with Crippen LogP contribution in [-0.2, 0) is 0 Å². The Balaban J connectivity index is 2.21. The molecule has 0 amide bonds. The van der Waals surface area contributed by atoms with Crippen molar-refractivity contribution in [2.24, 2.45) is 0 Å². The van der Waals surface area contributed by atoms with Gasteiger partial charge in [-0.3, -0.25) is 0 Å². The van der Waals surface area contributed by atoms with Gasteiger partial charge in [-0.05, 0) is 25.6 Å². The largest absolute Gasteiger partial charge is 0.494 e. The summed E-state index contributed by atoms with van der Waals surface area (Å²) in [7, 11) is 1.84. The quantitative estimate of drug-likeness (QED) is 0.712. The van der Waals surface area contributed by atoms with Gasteiger partial charge < -0.3 is 15.2 Å². The number of rotatable bonds is 6. The first-order valence-corrected chi connectivity index (χ1v) is 4.82. The van der Waals surface area contributed by atoms with Crippen LogP contribution < -0.4 is 10.1 Å². The minimum atomic E-state index is 0.124. The summed E-state index contributed by atoms with van der Waals surface area (Å²) in [6, 6.07) is 9.81. The number of hydrogen-bond donors (Lipinski definition) is 2. The van der Waals surface area contributed by atoms with Crippen LogP contribution in [0.5, 0.6) is 5.75 Å². The molecule has 1 atom stereocenters. The maximum Gasteiger partial charge on any atom is 0.119 e. The number of benzene rings is 1. The Kier molecular flexibility index (Phi) is 5.04. The third-order valence-electron chi connectivity index (χ3n) is 2.11. The second kappa shape index (κ2) is 6.40. The van der Waals surface area contributed by atoms with Gasteiger partial charge in [0.25, 0.3) is 0 Å². The van der Waals surface area contributed by atoms with Crippen LogP contribution in [0.3, 0.4) is 0 Å². The van der Waals surface area contributed by atoms with E-state index in [9.17, 15) is 0 Å². The predicted molar refractivity (Wildman–Crippen MR) is 56.5 cm³/mol. The Hall–Kier alpha value is -1.06. The highest BCUT2D eigenvalue weighted by molar-refractivity contribution is 5.20. The van der Waals surface area contributed by atoms with Gasteiger partial charge >= 0.3 is 0 Å². The van der Waals surface area contributed by atoms with Crippen molar-refractivity contribution in [3.63, 3.8) is 0 Å². The maximum atomic E-state index is 8.91. The van der Waals surface area contributed by atoms with Crippen molar-refractivity contribution in [3.8, 4) is 5.75 Å². The molecule has 0 spiro atoms. The molecular formula is C11H17NO2. The molecule has 14 heavy (non-hydrogen) atoms. The molecule has 0 aliphatic rings. The Labute approximate surface area is 84.7 Å². The molecule has 0 aromatic heterocycles. The van der Waals surface area contributed by atoms with E-state index in [0.29, 0.717) is 6.61 Å². The van der Waals surface area contributed by atoms with E-state index in [0.717, 1.165) is 12.2 Å². The van der Waals surface area contributed by atoms with Gasteiger partial charge in [-0.2, -0.15) is 0 Å². The van der Waals surface area contributed by atoms with E-state index in [1.54, 1.807) is 0 Å². The minimum absolute atomic E-state index is 0.124. The van der Waals surface area contributed by atoms with Crippen molar-refractivity contribution >= 4 is 0 Å². The zero-order valence-corrected chi connectivity index (χ0v) is 8.44. The second-order valence-electron chi connectivity index (χ2n) is 3.12. The summed E-state index contributed by atoms with van der Waals surface area (Å²) < 4.78 is 5.49. The maximum absolute atomic E-state index is 8.91. The Morgan fingerprint density at radius 2 is 2.07 bits per heavy atom. The normalized spacial score (nSPS) is 12.4. The van der Waals surface area contributed by atoms with Crippen LogP contribution in [0.4, 0.5) is 0 Å². The average Bonchev–Trinajstić information content (AvgIpc) is 2.26. The van der Waals surface area contributed by atoms with Crippen LogP contribution in [-0.4, -0.2) is 31.4 Å². The van der Waals surface area contributed by atoms with Crippen molar-refractivity contribution in [1.29, 1.82) is 0 Å². The lowest BCUT2D eigenvalue weighted by Crippen LogP contribution is -2.30. The summed E-state index contributed by atoms with van der Waals surface area (Å²) in [6.07, 6.45) is 0.807. The Morgan fingerprint density at radius 1 is 1.36 bits per heavy atom. The molecule has 0 aliphatic heterocycles. The number of aliphatic hydroxyl groups excluding tert-OH is 1. The topological polar surface area (TPSA) is 41.5 Å².